The van der Waals surface area contributed by atoms with E-state index in [1.54, 1.807) is 0 Å². The average Bonchev–Trinajstić information content (AvgIpc) is 2.26. The van der Waals surface area contributed by atoms with E-state index in [2.05, 4.69) is 18.7 Å². The summed E-state index contributed by atoms with van der Waals surface area (Å²) < 4.78 is 0.660. The average molecular weight is 356 g/mol. The second-order valence-electron chi connectivity index (χ2n) is 4.37. The van der Waals surface area contributed by atoms with Gasteiger partial charge >= 0.3 is 0 Å². The predicted molar refractivity (Wildman–Crippen MR) is 79.8 cm³/mol. The van der Waals surface area contributed by atoms with Crippen LogP contribution in [-0.2, 0) is 33.7 Å². The van der Waals surface area contributed by atoms with Crippen LogP contribution in [0.5, 0.6) is 0 Å². The van der Waals surface area contributed by atoms with Gasteiger partial charge in [-0.15, -0.1) is 0 Å². The molecule has 0 bridgehead atoms. The first-order valence-corrected chi connectivity index (χ1v) is 7.50. The van der Waals surface area contributed by atoms with Crippen LogP contribution in [-0.4, -0.2) is 22.3 Å². The van der Waals surface area contributed by atoms with Gasteiger partial charge in [0.05, 0.1) is 0 Å². The molecule has 0 aliphatic heterocycles. The Morgan fingerprint density at radius 2 is 1.29 bits per heavy atom. The molecule has 0 fully saturated rings. The minimum Gasteiger partial charge on any atom is -0.411 e. The smallest absolute Gasteiger partial charge is 0.0162 e. The zero-order chi connectivity index (χ0) is 12.2. The zero-order valence-corrected chi connectivity index (χ0v) is 14.9. The second kappa shape index (κ2) is 14.9. The fourth-order valence-corrected chi connectivity index (χ4v) is 2.12. The molecule has 0 unspecified atom stereocenters. The first-order chi connectivity index (χ1) is 7.72. The minimum atomic E-state index is 0. The number of unbranched alkanes of at least 4 members (excludes halogenated alkanes) is 6. The normalized spacial score (nSPS) is 9.76. The van der Waals surface area contributed by atoms with Gasteiger partial charge in [-0.3, -0.25) is 0 Å². The third kappa shape index (κ3) is 13.0. The van der Waals surface area contributed by atoms with Crippen molar-refractivity contribution in [1.82, 2.24) is 4.90 Å². The fraction of sp³-hybridized carbons (Fsp3) is 0.923. The molecule has 0 N–H and O–H groups in total. The molecule has 0 aromatic carbocycles. The van der Waals surface area contributed by atoms with E-state index in [9.17, 15) is 0 Å². The molecule has 0 atom stereocenters. The Morgan fingerprint density at radius 3 is 1.59 bits per heavy atom. The molecule has 102 valence electrons. The summed E-state index contributed by atoms with van der Waals surface area (Å²) in [7, 11) is 0. The van der Waals surface area contributed by atoms with Gasteiger partial charge in [0, 0.05) is 34.2 Å². The maximum atomic E-state index is 5.11. The SMILES string of the molecule is CCCCCCN(CCCCCC)C(=S)[S-].[Mo]. The summed E-state index contributed by atoms with van der Waals surface area (Å²) in [6.45, 7) is 6.60. The van der Waals surface area contributed by atoms with E-state index in [1.165, 1.54) is 51.4 Å². The Labute approximate surface area is 133 Å². The second-order valence-corrected chi connectivity index (χ2v) is 5.41. The summed E-state index contributed by atoms with van der Waals surface area (Å²) in [4.78, 5) is 2.20. The molecule has 0 saturated heterocycles. The molecule has 4 heteroatoms. The Hall–Kier alpha value is 0.798. The summed E-state index contributed by atoms with van der Waals surface area (Å²) in [5, 5.41) is 0. The van der Waals surface area contributed by atoms with Gasteiger partial charge in [-0.05, 0) is 12.8 Å². The molecule has 1 nitrogen and oxygen atoms in total. The molecule has 0 aliphatic carbocycles. The fourth-order valence-electron chi connectivity index (χ4n) is 1.75. The molecular formula is C13H26MoNS2-. The van der Waals surface area contributed by atoms with Gasteiger partial charge < -0.3 is 29.7 Å². The number of hydrogen-bond donors (Lipinski definition) is 0. The van der Waals surface area contributed by atoms with Crippen molar-refractivity contribution in [1.29, 1.82) is 0 Å². The first kappa shape index (κ1) is 20.1. The van der Waals surface area contributed by atoms with Gasteiger partial charge in [0.1, 0.15) is 0 Å². The van der Waals surface area contributed by atoms with Crippen molar-refractivity contribution in [2.45, 2.75) is 65.2 Å². The Morgan fingerprint density at radius 1 is 0.882 bits per heavy atom. The van der Waals surface area contributed by atoms with Crippen LogP contribution in [0, 0.1) is 0 Å². The topological polar surface area (TPSA) is 3.24 Å². The largest absolute Gasteiger partial charge is 0.411 e. The molecule has 0 rings (SSSR count). The van der Waals surface area contributed by atoms with Crippen LogP contribution in [0.2, 0.25) is 0 Å². The maximum absolute atomic E-state index is 5.11. The van der Waals surface area contributed by atoms with Gasteiger partial charge in [-0.2, -0.15) is 0 Å². The van der Waals surface area contributed by atoms with Crippen LogP contribution >= 0.6 is 12.2 Å². The Balaban J connectivity index is 0. The number of thiocarbonyl (C=S) groups is 1. The van der Waals surface area contributed by atoms with Gasteiger partial charge in [0.25, 0.3) is 0 Å². The Bertz CT molecular complexity index is 165. The van der Waals surface area contributed by atoms with E-state index in [0.29, 0.717) is 4.32 Å². The molecule has 0 aromatic heterocycles. The van der Waals surface area contributed by atoms with Crippen LogP contribution in [0.4, 0.5) is 0 Å². The minimum absolute atomic E-state index is 0. The first-order valence-electron chi connectivity index (χ1n) is 6.68. The van der Waals surface area contributed by atoms with Crippen molar-refractivity contribution in [2.24, 2.45) is 0 Å². The van der Waals surface area contributed by atoms with E-state index >= 15 is 0 Å². The van der Waals surface area contributed by atoms with Crippen molar-refractivity contribution in [3.05, 3.63) is 0 Å². The molecule has 0 aliphatic rings. The van der Waals surface area contributed by atoms with Crippen molar-refractivity contribution >= 4 is 29.2 Å². The van der Waals surface area contributed by atoms with E-state index in [4.69, 9.17) is 24.8 Å². The number of rotatable bonds is 10. The van der Waals surface area contributed by atoms with Crippen molar-refractivity contribution in [3.8, 4) is 0 Å². The van der Waals surface area contributed by atoms with Crippen LogP contribution in [0.15, 0.2) is 0 Å². The van der Waals surface area contributed by atoms with Crippen LogP contribution < -0.4 is 0 Å². The van der Waals surface area contributed by atoms with Crippen molar-refractivity contribution in [2.75, 3.05) is 13.1 Å². The quantitative estimate of drug-likeness (QED) is 0.249. The molecule has 0 aromatic rings. The van der Waals surface area contributed by atoms with Crippen LogP contribution in [0.25, 0.3) is 0 Å². The summed E-state index contributed by atoms with van der Waals surface area (Å²) in [6.07, 6.45) is 10.3. The molecule has 0 spiro atoms. The van der Waals surface area contributed by atoms with Gasteiger partial charge in [-0.25, -0.2) is 0 Å². The standard InChI is InChI=1S/C13H27NS2.Mo/c1-3-5-7-9-11-14(13(15)16)12-10-8-6-4-2;/h3-12H2,1-2H3,(H,15,16);/p-1. The van der Waals surface area contributed by atoms with Crippen LogP contribution in [0.3, 0.4) is 0 Å². The van der Waals surface area contributed by atoms with Gasteiger partial charge in [0.15, 0.2) is 0 Å². The van der Waals surface area contributed by atoms with Gasteiger partial charge in [-0.1, -0.05) is 56.7 Å². The molecule has 0 radical (unpaired) electrons. The maximum Gasteiger partial charge on any atom is 0.0162 e. The summed E-state index contributed by atoms with van der Waals surface area (Å²) in [5.41, 5.74) is 0. The van der Waals surface area contributed by atoms with Crippen LogP contribution in [0.1, 0.15) is 65.2 Å². The van der Waals surface area contributed by atoms with Crippen molar-refractivity contribution < 1.29 is 21.1 Å². The number of hydrogen-bond acceptors (Lipinski definition) is 2. The Kier molecular flexibility index (Phi) is 17.6. The molecule has 0 saturated carbocycles. The van der Waals surface area contributed by atoms with E-state index < -0.39 is 0 Å². The molecule has 17 heavy (non-hydrogen) atoms. The third-order valence-electron chi connectivity index (χ3n) is 2.82. The monoisotopic (exact) mass is 358 g/mol. The predicted octanol–water partition coefficient (Wildman–Crippen LogP) is 4.28. The summed E-state index contributed by atoms with van der Waals surface area (Å²) in [6, 6.07) is 0. The summed E-state index contributed by atoms with van der Waals surface area (Å²) >= 11 is 10.2. The molecular weight excluding hydrogens is 330 g/mol. The van der Waals surface area contributed by atoms with E-state index in [1.807, 2.05) is 0 Å². The number of nitrogens with zero attached hydrogens (tertiary/aromatic N) is 1. The van der Waals surface area contributed by atoms with E-state index in [0.717, 1.165) is 13.1 Å². The zero-order valence-electron chi connectivity index (χ0n) is 11.2. The summed E-state index contributed by atoms with van der Waals surface area (Å²) in [5.74, 6) is 0. The molecule has 0 amide bonds. The van der Waals surface area contributed by atoms with Gasteiger partial charge in [0.2, 0.25) is 0 Å². The third-order valence-corrected chi connectivity index (χ3v) is 3.34. The van der Waals surface area contributed by atoms with Crippen molar-refractivity contribution in [3.63, 3.8) is 0 Å². The van der Waals surface area contributed by atoms with E-state index in [-0.39, 0.29) is 21.1 Å². The molecule has 0 heterocycles.